The van der Waals surface area contributed by atoms with Crippen LogP contribution in [0.15, 0.2) is 36.5 Å². The molecule has 0 saturated heterocycles. The van der Waals surface area contributed by atoms with Crippen molar-refractivity contribution in [1.82, 2.24) is 10.3 Å². The van der Waals surface area contributed by atoms with E-state index in [1.54, 1.807) is 32.4 Å². The third kappa shape index (κ3) is 5.35. The summed E-state index contributed by atoms with van der Waals surface area (Å²) in [6, 6.07) is 8.68. The second kappa shape index (κ2) is 9.07. The average molecular weight is 384 g/mol. The highest BCUT2D eigenvalue weighted by atomic mass is 16.5. The first-order chi connectivity index (χ1) is 13.6. The van der Waals surface area contributed by atoms with Gasteiger partial charge in [0.2, 0.25) is 5.91 Å². The molecule has 0 aliphatic heterocycles. The molecular weight excluding hydrogens is 360 g/mol. The predicted molar refractivity (Wildman–Crippen MR) is 106 cm³/mol. The molecule has 1 fully saturated rings. The van der Waals surface area contributed by atoms with Crippen molar-refractivity contribution in [3.63, 3.8) is 0 Å². The molecule has 0 atom stereocenters. The van der Waals surface area contributed by atoms with Crippen LogP contribution in [0.4, 0.5) is 11.5 Å². The maximum atomic E-state index is 12.3. The Labute approximate surface area is 163 Å². The third-order valence-corrected chi connectivity index (χ3v) is 4.31. The maximum absolute atomic E-state index is 12.3. The van der Waals surface area contributed by atoms with E-state index < -0.39 is 0 Å². The summed E-state index contributed by atoms with van der Waals surface area (Å²) in [5.41, 5.74) is 1.28. The number of benzene rings is 1. The molecule has 1 saturated carbocycles. The van der Waals surface area contributed by atoms with E-state index in [1.165, 1.54) is 6.20 Å². The van der Waals surface area contributed by atoms with Crippen LogP contribution >= 0.6 is 0 Å². The molecule has 1 aromatic heterocycles. The second-order valence-corrected chi connectivity index (χ2v) is 6.48. The molecule has 3 rings (SSSR count). The smallest absolute Gasteiger partial charge is 0.251 e. The topological polar surface area (TPSA) is 102 Å². The number of hydrogen-bond acceptors (Lipinski definition) is 6. The Morgan fingerprint density at radius 1 is 1.07 bits per heavy atom. The molecular formula is C20H24N4O4. The molecule has 1 aliphatic rings. The van der Waals surface area contributed by atoms with Crippen LogP contribution in [0.25, 0.3) is 0 Å². The van der Waals surface area contributed by atoms with Crippen molar-refractivity contribution in [3.8, 4) is 11.5 Å². The summed E-state index contributed by atoms with van der Waals surface area (Å²) in [7, 11) is 3.18. The molecule has 8 nitrogen and oxygen atoms in total. The van der Waals surface area contributed by atoms with Gasteiger partial charge in [0, 0.05) is 54.7 Å². The van der Waals surface area contributed by atoms with Crippen molar-refractivity contribution < 1.29 is 19.1 Å². The molecule has 3 N–H and O–H groups in total. The van der Waals surface area contributed by atoms with Crippen LogP contribution < -0.4 is 25.4 Å². The van der Waals surface area contributed by atoms with Crippen molar-refractivity contribution >= 4 is 23.3 Å². The average Bonchev–Trinajstić information content (AvgIpc) is 3.56. The van der Waals surface area contributed by atoms with E-state index in [-0.39, 0.29) is 17.7 Å². The van der Waals surface area contributed by atoms with Gasteiger partial charge < -0.3 is 25.4 Å². The highest BCUT2D eigenvalue weighted by molar-refractivity contribution is 5.97. The van der Waals surface area contributed by atoms with Gasteiger partial charge in [-0.15, -0.1) is 0 Å². The fourth-order valence-corrected chi connectivity index (χ4v) is 2.61. The summed E-state index contributed by atoms with van der Waals surface area (Å²) in [6.07, 6.45) is 3.34. The van der Waals surface area contributed by atoms with Crippen LogP contribution in [0.2, 0.25) is 0 Å². The Morgan fingerprint density at radius 2 is 1.79 bits per heavy atom. The lowest BCUT2D eigenvalue weighted by atomic mass is 10.2. The van der Waals surface area contributed by atoms with Gasteiger partial charge >= 0.3 is 0 Å². The number of nitrogens with zero attached hydrogens (tertiary/aromatic N) is 1. The van der Waals surface area contributed by atoms with Crippen LogP contribution in [0.5, 0.6) is 11.5 Å². The van der Waals surface area contributed by atoms with Gasteiger partial charge in [0.05, 0.1) is 14.2 Å². The predicted octanol–water partition coefficient (Wildman–Crippen LogP) is 2.29. The Morgan fingerprint density at radius 3 is 2.43 bits per heavy atom. The fraction of sp³-hybridized carbons (Fsp3) is 0.350. The first kappa shape index (κ1) is 19.5. The van der Waals surface area contributed by atoms with Crippen molar-refractivity contribution in [2.45, 2.75) is 12.8 Å². The number of methoxy groups -OCH3 is 2. The summed E-state index contributed by atoms with van der Waals surface area (Å²) in [4.78, 5) is 28.2. The number of rotatable bonds is 9. The number of nitrogens with one attached hydrogen (secondary N) is 3. The van der Waals surface area contributed by atoms with E-state index in [0.29, 0.717) is 36.0 Å². The fourth-order valence-electron chi connectivity index (χ4n) is 2.61. The Bertz CT molecular complexity index is 830. The number of hydrogen-bond donors (Lipinski definition) is 3. The van der Waals surface area contributed by atoms with Gasteiger partial charge in [-0.25, -0.2) is 4.98 Å². The monoisotopic (exact) mass is 384 g/mol. The summed E-state index contributed by atoms with van der Waals surface area (Å²) in [6.45, 7) is 0.947. The van der Waals surface area contributed by atoms with Gasteiger partial charge in [0.25, 0.3) is 5.91 Å². The first-order valence-corrected chi connectivity index (χ1v) is 9.11. The number of ether oxygens (including phenoxy) is 2. The number of carbonyl (C=O) groups is 2. The quantitative estimate of drug-likeness (QED) is 0.574. The molecule has 28 heavy (non-hydrogen) atoms. The van der Waals surface area contributed by atoms with Crippen molar-refractivity contribution in [2.75, 3.05) is 37.9 Å². The highest BCUT2D eigenvalue weighted by Gasteiger charge is 2.29. The van der Waals surface area contributed by atoms with Crippen molar-refractivity contribution in [1.29, 1.82) is 0 Å². The number of pyridine rings is 1. The Balaban J connectivity index is 1.48. The minimum atomic E-state index is -0.227. The number of amides is 2. The number of aromatic nitrogens is 1. The van der Waals surface area contributed by atoms with Gasteiger partial charge in [-0.3, -0.25) is 9.59 Å². The van der Waals surface area contributed by atoms with Crippen LogP contribution in [0, 0.1) is 5.92 Å². The molecule has 0 unspecified atom stereocenters. The van der Waals surface area contributed by atoms with E-state index in [2.05, 4.69) is 20.9 Å². The minimum Gasteiger partial charge on any atom is -0.497 e. The normalized spacial score (nSPS) is 12.8. The molecule has 8 heteroatoms. The van der Waals surface area contributed by atoms with E-state index in [9.17, 15) is 9.59 Å². The zero-order valence-corrected chi connectivity index (χ0v) is 16.0. The van der Waals surface area contributed by atoms with Crippen molar-refractivity contribution in [3.05, 3.63) is 42.1 Å². The molecule has 0 spiro atoms. The lowest BCUT2D eigenvalue weighted by Crippen LogP contribution is -2.29. The lowest BCUT2D eigenvalue weighted by molar-refractivity contribution is -0.117. The molecule has 0 bridgehead atoms. The minimum absolute atomic E-state index is 0.0389. The third-order valence-electron chi connectivity index (χ3n) is 4.31. The van der Waals surface area contributed by atoms with Crippen LogP contribution in [-0.4, -0.2) is 44.1 Å². The highest BCUT2D eigenvalue weighted by Crippen LogP contribution is 2.30. The van der Waals surface area contributed by atoms with E-state index in [0.717, 1.165) is 18.5 Å². The standard InChI is InChI=1S/C20H24N4O4/c1-27-16-10-15(11-17(12-16)28-2)21-7-8-23-19(25)14-5-6-22-18(9-14)24-20(26)13-3-4-13/h5-6,9-13,21H,3-4,7-8H2,1-2H3,(H,23,25)(H,22,24,26). The van der Waals surface area contributed by atoms with E-state index in [4.69, 9.17) is 9.47 Å². The zero-order chi connectivity index (χ0) is 19.9. The summed E-state index contributed by atoms with van der Waals surface area (Å²) in [5, 5.41) is 8.79. The van der Waals surface area contributed by atoms with Gasteiger partial charge in [-0.1, -0.05) is 0 Å². The molecule has 0 radical (unpaired) electrons. The van der Waals surface area contributed by atoms with E-state index >= 15 is 0 Å². The Kier molecular flexibility index (Phi) is 6.31. The largest absolute Gasteiger partial charge is 0.497 e. The molecule has 1 heterocycles. The Hall–Kier alpha value is -3.29. The second-order valence-electron chi connectivity index (χ2n) is 6.48. The van der Waals surface area contributed by atoms with Gasteiger partial charge in [-0.05, 0) is 25.0 Å². The molecule has 1 aliphatic carbocycles. The van der Waals surface area contributed by atoms with Crippen molar-refractivity contribution in [2.24, 2.45) is 5.92 Å². The number of anilines is 2. The maximum Gasteiger partial charge on any atom is 0.251 e. The van der Waals surface area contributed by atoms with E-state index in [1.807, 2.05) is 12.1 Å². The van der Waals surface area contributed by atoms with Crippen LogP contribution in [0.3, 0.4) is 0 Å². The molecule has 2 aromatic rings. The van der Waals surface area contributed by atoms with Crippen LogP contribution in [-0.2, 0) is 4.79 Å². The molecule has 1 aromatic carbocycles. The van der Waals surface area contributed by atoms with Gasteiger partial charge in [0.15, 0.2) is 0 Å². The van der Waals surface area contributed by atoms with Crippen LogP contribution in [0.1, 0.15) is 23.2 Å². The SMILES string of the molecule is COc1cc(NCCNC(=O)c2ccnc(NC(=O)C3CC3)c2)cc(OC)c1. The number of carbonyl (C=O) groups excluding carboxylic acids is 2. The summed E-state index contributed by atoms with van der Waals surface area (Å²) >= 11 is 0. The first-order valence-electron chi connectivity index (χ1n) is 9.11. The molecule has 148 valence electrons. The van der Waals surface area contributed by atoms with Gasteiger partial charge in [-0.2, -0.15) is 0 Å². The summed E-state index contributed by atoms with van der Waals surface area (Å²) in [5.74, 6) is 1.58. The zero-order valence-electron chi connectivity index (χ0n) is 16.0. The molecule has 2 amide bonds. The lowest BCUT2D eigenvalue weighted by Gasteiger charge is -2.11. The summed E-state index contributed by atoms with van der Waals surface area (Å²) < 4.78 is 10.5. The van der Waals surface area contributed by atoms with Gasteiger partial charge in [0.1, 0.15) is 17.3 Å².